The van der Waals surface area contributed by atoms with Crippen molar-refractivity contribution in [1.29, 1.82) is 0 Å². The van der Waals surface area contributed by atoms with Gasteiger partial charge >= 0.3 is 11.9 Å². The van der Waals surface area contributed by atoms with E-state index in [2.05, 4.69) is 44.4 Å². The number of hydrogen-bond acceptors (Lipinski definition) is 6. The van der Waals surface area contributed by atoms with Crippen LogP contribution in [0.4, 0.5) is 0 Å². The van der Waals surface area contributed by atoms with Crippen molar-refractivity contribution in [1.82, 2.24) is 18.8 Å². The molecule has 0 spiro atoms. The molecule has 0 unspecified atom stereocenters. The summed E-state index contributed by atoms with van der Waals surface area (Å²) in [6.45, 7) is 4.21. The Morgan fingerprint density at radius 2 is 1.30 bits per heavy atom. The van der Waals surface area contributed by atoms with Crippen LogP contribution in [0.1, 0.15) is 46.1 Å². The Kier molecular flexibility index (Phi) is 8.53. The highest BCUT2D eigenvalue weighted by Crippen LogP contribution is 2.16. The molecular weight excluding hydrogens is 583 g/mol. The van der Waals surface area contributed by atoms with Crippen LogP contribution in [-0.4, -0.2) is 43.9 Å². The second kappa shape index (κ2) is 12.2. The first-order chi connectivity index (χ1) is 18.0. The fourth-order valence-corrected chi connectivity index (χ4v) is 4.15. The average molecular weight is 606 g/mol. The third-order valence-corrected chi connectivity index (χ3v) is 6.07. The van der Waals surface area contributed by atoms with Crippen LogP contribution in [0.25, 0.3) is 11.3 Å². The zero-order valence-corrected chi connectivity index (χ0v) is 22.4. The standard InChI is InChI=1S/C18H14N2O2.C10H9IN2O2/c1-2-22-18(21)17-15(12-11-14-8-4-3-5-9-14)20-13-7-6-10-16(20)19-17;1-2-15-10(14)8-9(11)13-6-4-3-5-7(13)12-8/h3-10,13H,2H2,1H3;3-6H,2H2,1H3. The van der Waals surface area contributed by atoms with Crippen molar-refractivity contribution >= 4 is 45.8 Å². The molecule has 4 aromatic heterocycles. The van der Waals surface area contributed by atoms with Crippen molar-refractivity contribution in [2.75, 3.05) is 13.2 Å². The summed E-state index contributed by atoms with van der Waals surface area (Å²) in [5, 5.41) is 0. The van der Waals surface area contributed by atoms with E-state index < -0.39 is 5.97 Å². The predicted molar refractivity (Wildman–Crippen MR) is 147 cm³/mol. The number of halogens is 1. The smallest absolute Gasteiger partial charge is 0.359 e. The number of rotatable bonds is 4. The minimum atomic E-state index is -0.455. The molecule has 5 rings (SSSR count). The lowest BCUT2D eigenvalue weighted by atomic mass is 10.2. The molecule has 8 nitrogen and oxygen atoms in total. The number of imidazole rings is 2. The molecule has 1 aromatic carbocycles. The summed E-state index contributed by atoms with van der Waals surface area (Å²) in [5.41, 5.74) is 3.47. The molecule has 186 valence electrons. The molecule has 0 aliphatic rings. The molecule has 0 saturated carbocycles. The van der Waals surface area contributed by atoms with E-state index in [0.717, 1.165) is 14.9 Å². The predicted octanol–water partition coefficient (Wildman–Crippen LogP) is 5.03. The van der Waals surface area contributed by atoms with Gasteiger partial charge in [0.25, 0.3) is 0 Å². The quantitative estimate of drug-likeness (QED) is 0.162. The maximum atomic E-state index is 12.1. The second-order valence-corrected chi connectivity index (χ2v) is 8.50. The van der Waals surface area contributed by atoms with E-state index in [-0.39, 0.29) is 11.7 Å². The monoisotopic (exact) mass is 606 g/mol. The van der Waals surface area contributed by atoms with Crippen molar-refractivity contribution in [3.05, 3.63) is 105 Å². The molecule has 0 radical (unpaired) electrons. The van der Waals surface area contributed by atoms with Gasteiger partial charge < -0.3 is 9.47 Å². The summed E-state index contributed by atoms with van der Waals surface area (Å²) in [5.74, 6) is 5.27. The molecule has 0 atom stereocenters. The van der Waals surface area contributed by atoms with Gasteiger partial charge in [0.2, 0.25) is 0 Å². The summed E-state index contributed by atoms with van der Waals surface area (Å²) in [4.78, 5) is 32.2. The molecule has 0 aliphatic heterocycles. The molecule has 5 aromatic rings. The summed E-state index contributed by atoms with van der Waals surface area (Å²) in [7, 11) is 0. The van der Waals surface area contributed by atoms with Gasteiger partial charge in [-0.2, -0.15) is 0 Å². The Balaban J connectivity index is 0.000000186. The second-order valence-electron chi connectivity index (χ2n) is 7.47. The van der Waals surface area contributed by atoms with E-state index in [1.807, 2.05) is 83.5 Å². The Morgan fingerprint density at radius 1 is 0.757 bits per heavy atom. The molecule has 4 heterocycles. The van der Waals surface area contributed by atoms with Crippen molar-refractivity contribution in [2.24, 2.45) is 0 Å². The summed E-state index contributed by atoms with van der Waals surface area (Å²) in [6, 6.07) is 20.8. The highest BCUT2D eigenvalue weighted by atomic mass is 127. The highest BCUT2D eigenvalue weighted by Gasteiger charge is 2.19. The van der Waals surface area contributed by atoms with Crippen LogP contribution in [0.15, 0.2) is 79.1 Å². The molecule has 0 aliphatic carbocycles. The molecular formula is C28H23IN4O4. The number of carbonyl (C=O) groups is 2. The summed E-state index contributed by atoms with van der Waals surface area (Å²) >= 11 is 2.09. The zero-order valence-electron chi connectivity index (χ0n) is 20.2. The van der Waals surface area contributed by atoms with E-state index in [0.29, 0.717) is 30.2 Å². The lowest BCUT2D eigenvalue weighted by Gasteiger charge is -1.98. The number of carbonyl (C=O) groups excluding carboxylic acids is 2. The van der Waals surface area contributed by atoms with Gasteiger partial charge in [0.05, 0.1) is 13.2 Å². The largest absolute Gasteiger partial charge is 0.461 e. The van der Waals surface area contributed by atoms with Crippen molar-refractivity contribution in [3.63, 3.8) is 0 Å². The first-order valence-corrected chi connectivity index (χ1v) is 12.6. The van der Waals surface area contributed by atoms with E-state index in [9.17, 15) is 9.59 Å². The number of esters is 2. The average Bonchev–Trinajstić information content (AvgIpc) is 3.47. The maximum Gasteiger partial charge on any atom is 0.359 e. The SMILES string of the molecule is CCOC(=O)c1nc2ccccn2c1C#Cc1ccccc1.CCOC(=O)c1nc2ccccn2c1I. The summed E-state index contributed by atoms with van der Waals surface area (Å²) < 4.78 is 14.4. The minimum absolute atomic E-state index is 0.247. The fourth-order valence-electron chi connectivity index (χ4n) is 3.41. The maximum absolute atomic E-state index is 12.1. The molecule has 37 heavy (non-hydrogen) atoms. The minimum Gasteiger partial charge on any atom is -0.461 e. The zero-order chi connectivity index (χ0) is 26.2. The van der Waals surface area contributed by atoms with E-state index in [4.69, 9.17) is 9.47 Å². The van der Waals surface area contributed by atoms with Crippen LogP contribution < -0.4 is 0 Å². The first-order valence-electron chi connectivity index (χ1n) is 11.5. The third kappa shape index (κ3) is 5.98. The van der Waals surface area contributed by atoms with Gasteiger partial charge in [0.15, 0.2) is 11.4 Å². The molecule has 9 heteroatoms. The Bertz CT molecular complexity index is 1610. The molecule has 0 amide bonds. The number of aromatic nitrogens is 4. The van der Waals surface area contributed by atoms with Gasteiger partial charge in [-0.25, -0.2) is 19.6 Å². The summed E-state index contributed by atoms with van der Waals surface area (Å²) in [6.07, 6.45) is 3.70. The fraction of sp³-hybridized carbons (Fsp3) is 0.143. The van der Waals surface area contributed by atoms with Crippen LogP contribution in [-0.2, 0) is 9.47 Å². The van der Waals surface area contributed by atoms with Crippen molar-refractivity contribution in [3.8, 4) is 11.8 Å². The van der Waals surface area contributed by atoms with Gasteiger partial charge in [0, 0.05) is 18.0 Å². The van der Waals surface area contributed by atoms with Gasteiger partial charge in [0.1, 0.15) is 20.7 Å². The molecule has 0 bridgehead atoms. The first kappa shape index (κ1) is 25.9. The van der Waals surface area contributed by atoms with Gasteiger partial charge in [-0.05, 0) is 78.8 Å². The van der Waals surface area contributed by atoms with Gasteiger partial charge in [-0.15, -0.1) is 0 Å². The third-order valence-electron chi connectivity index (χ3n) is 5.04. The Hall–Kier alpha value is -4.17. The van der Waals surface area contributed by atoms with E-state index in [1.165, 1.54) is 0 Å². The van der Waals surface area contributed by atoms with Crippen LogP contribution in [0.5, 0.6) is 0 Å². The number of hydrogen-bond donors (Lipinski definition) is 0. The van der Waals surface area contributed by atoms with Crippen LogP contribution in [0, 0.1) is 15.5 Å². The van der Waals surface area contributed by atoms with E-state index in [1.54, 1.807) is 18.2 Å². The normalized spacial score (nSPS) is 10.2. The van der Waals surface area contributed by atoms with Crippen LogP contribution >= 0.6 is 22.6 Å². The van der Waals surface area contributed by atoms with Crippen molar-refractivity contribution < 1.29 is 19.1 Å². The van der Waals surface area contributed by atoms with E-state index >= 15 is 0 Å². The lowest BCUT2D eigenvalue weighted by molar-refractivity contribution is 0.0510. The number of nitrogens with zero attached hydrogens (tertiary/aromatic N) is 4. The van der Waals surface area contributed by atoms with Gasteiger partial charge in [-0.3, -0.25) is 8.80 Å². The number of benzene rings is 1. The highest BCUT2D eigenvalue weighted by molar-refractivity contribution is 14.1. The topological polar surface area (TPSA) is 87.2 Å². The molecule has 0 N–H and O–H groups in total. The number of pyridine rings is 2. The molecule has 0 fully saturated rings. The van der Waals surface area contributed by atoms with Crippen LogP contribution in [0.3, 0.4) is 0 Å². The van der Waals surface area contributed by atoms with Crippen molar-refractivity contribution in [2.45, 2.75) is 13.8 Å². The lowest BCUT2D eigenvalue weighted by Crippen LogP contribution is -2.07. The number of ether oxygens (including phenoxy) is 2. The number of fused-ring (bicyclic) bond motifs is 2. The Morgan fingerprint density at radius 3 is 1.92 bits per heavy atom. The van der Waals surface area contributed by atoms with Gasteiger partial charge in [-0.1, -0.05) is 36.3 Å². The molecule has 0 saturated heterocycles. The van der Waals surface area contributed by atoms with Crippen LogP contribution in [0.2, 0.25) is 0 Å². The Labute approximate surface area is 227 Å².